The van der Waals surface area contributed by atoms with Crippen molar-refractivity contribution in [2.45, 2.75) is 12.1 Å². The van der Waals surface area contributed by atoms with Gasteiger partial charge in [0.15, 0.2) is 0 Å². The summed E-state index contributed by atoms with van der Waals surface area (Å²) in [4.78, 5) is 23.2. The number of ether oxygens (including phenoxy) is 1. The van der Waals surface area contributed by atoms with Gasteiger partial charge < -0.3 is 20.3 Å². The van der Waals surface area contributed by atoms with Gasteiger partial charge >= 0.3 is 0 Å². The molecule has 5 rings (SSSR count). The minimum Gasteiger partial charge on any atom is -0.372 e. The molecule has 0 aliphatic carbocycles. The third kappa shape index (κ3) is 3.79. The summed E-state index contributed by atoms with van der Waals surface area (Å²) in [5.74, 6) is 0.220. The molecule has 2 aromatic carbocycles. The molecular weight excluding hydrogens is 392 g/mol. The second-order valence-corrected chi connectivity index (χ2v) is 7.45. The smallest absolute Gasteiger partial charge is 0.252 e. The second kappa shape index (κ2) is 8.05. The van der Waals surface area contributed by atoms with Gasteiger partial charge in [-0.25, -0.2) is 9.97 Å². The van der Waals surface area contributed by atoms with Gasteiger partial charge in [-0.05, 0) is 42.5 Å². The zero-order valence-electron chi connectivity index (χ0n) is 16.7. The topological polar surface area (TPSA) is 103 Å². The molecule has 3 aromatic rings. The van der Waals surface area contributed by atoms with E-state index in [0.717, 1.165) is 30.1 Å². The normalized spacial score (nSPS) is 18.7. The third-order valence-electron chi connectivity index (χ3n) is 5.57. The molecule has 154 valence electrons. The van der Waals surface area contributed by atoms with Crippen LogP contribution in [0.3, 0.4) is 0 Å². The first kappa shape index (κ1) is 19.0. The average molecular weight is 412 g/mol. The summed E-state index contributed by atoms with van der Waals surface area (Å²) in [5, 5.41) is 14.3. The predicted octanol–water partition coefficient (Wildman–Crippen LogP) is 2.73. The lowest BCUT2D eigenvalue weighted by molar-refractivity contribution is -0.113. The molecule has 1 unspecified atom stereocenters. The molecule has 8 nitrogen and oxygen atoms in total. The quantitative estimate of drug-likeness (QED) is 0.600. The summed E-state index contributed by atoms with van der Waals surface area (Å²) in [5.41, 5.74) is 4.21. The molecule has 0 saturated carbocycles. The molecule has 2 N–H and O–H groups in total. The summed E-state index contributed by atoms with van der Waals surface area (Å²) in [7, 11) is 0. The van der Waals surface area contributed by atoms with Gasteiger partial charge in [0.2, 0.25) is 5.95 Å². The molecule has 2 saturated heterocycles. The number of amides is 1. The van der Waals surface area contributed by atoms with Gasteiger partial charge in [-0.3, -0.25) is 4.79 Å². The van der Waals surface area contributed by atoms with Crippen LogP contribution in [0.4, 0.5) is 17.3 Å². The summed E-state index contributed by atoms with van der Waals surface area (Å²) in [6.07, 6.45) is 2.11. The van der Waals surface area contributed by atoms with Crippen molar-refractivity contribution in [3.63, 3.8) is 0 Å². The Morgan fingerprint density at radius 1 is 1.16 bits per heavy atom. The van der Waals surface area contributed by atoms with E-state index < -0.39 is 0 Å². The van der Waals surface area contributed by atoms with E-state index in [1.807, 2.05) is 36.4 Å². The number of anilines is 3. The van der Waals surface area contributed by atoms with Crippen molar-refractivity contribution >= 4 is 23.2 Å². The minimum absolute atomic E-state index is 0.0178. The van der Waals surface area contributed by atoms with E-state index in [4.69, 9.17) is 10.00 Å². The molecular formula is C23H20N6O2. The number of rotatable bonds is 6. The van der Waals surface area contributed by atoms with Crippen LogP contribution in [-0.4, -0.2) is 47.7 Å². The minimum atomic E-state index is -0.278. The number of aromatic nitrogens is 2. The Balaban J connectivity index is 1.26. The van der Waals surface area contributed by atoms with Crippen LogP contribution in [-0.2, 0) is 4.74 Å². The van der Waals surface area contributed by atoms with Crippen molar-refractivity contribution in [3.05, 3.63) is 66.4 Å². The molecule has 1 aromatic heterocycles. The van der Waals surface area contributed by atoms with E-state index in [0.29, 0.717) is 23.7 Å². The highest BCUT2D eigenvalue weighted by molar-refractivity contribution is 5.94. The highest BCUT2D eigenvalue weighted by Gasteiger charge is 2.47. The molecule has 2 aliphatic rings. The Morgan fingerprint density at radius 2 is 1.97 bits per heavy atom. The van der Waals surface area contributed by atoms with Crippen molar-refractivity contribution in [1.29, 1.82) is 5.26 Å². The highest BCUT2D eigenvalue weighted by atomic mass is 16.5. The SMILES string of the molecule is N#CCNC(=O)c1ccc(-c2ccnc(Nc3ccc(N4CC5OC[C@H]54)cc3)n2)cc1. The predicted molar refractivity (Wildman–Crippen MR) is 116 cm³/mol. The number of nitriles is 1. The first-order valence-electron chi connectivity index (χ1n) is 10.1. The molecule has 2 aliphatic heterocycles. The fourth-order valence-electron chi connectivity index (χ4n) is 3.73. The number of nitrogens with zero attached hydrogens (tertiary/aromatic N) is 4. The zero-order valence-corrected chi connectivity index (χ0v) is 16.7. The van der Waals surface area contributed by atoms with Gasteiger partial charge in [0.25, 0.3) is 5.91 Å². The number of carbonyl (C=O) groups excluding carboxylic acids is 1. The van der Waals surface area contributed by atoms with Crippen LogP contribution in [0.1, 0.15) is 10.4 Å². The molecule has 0 bridgehead atoms. The fraction of sp³-hybridized carbons (Fsp3) is 0.217. The second-order valence-electron chi connectivity index (χ2n) is 7.45. The van der Waals surface area contributed by atoms with Gasteiger partial charge in [0.1, 0.15) is 6.54 Å². The Bertz CT molecular complexity index is 1140. The number of fused-ring (bicyclic) bond motifs is 1. The number of morpholine rings is 1. The molecule has 0 spiro atoms. The molecule has 3 heterocycles. The van der Waals surface area contributed by atoms with Crippen LogP contribution in [0.5, 0.6) is 0 Å². The van der Waals surface area contributed by atoms with E-state index in [9.17, 15) is 4.79 Å². The largest absolute Gasteiger partial charge is 0.372 e. The number of hydrogen-bond acceptors (Lipinski definition) is 7. The molecule has 31 heavy (non-hydrogen) atoms. The molecule has 1 amide bonds. The van der Waals surface area contributed by atoms with Crippen molar-refractivity contribution < 1.29 is 9.53 Å². The Hall–Kier alpha value is -3.96. The first-order chi connectivity index (χ1) is 15.2. The lowest BCUT2D eigenvalue weighted by Gasteiger charge is -2.56. The average Bonchev–Trinajstić information content (AvgIpc) is 2.80. The van der Waals surface area contributed by atoms with Crippen molar-refractivity contribution in [2.75, 3.05) is 29.9 Å². The number of carbonyl (C=O) groups is 1. The summed E-state index contributed by atoms with van der Waals surface area (Å²) < 4.78 is 5.46. The maximum absolute atomic E-state index is 11.9. The van der Waals surface area contributed by atoms with E-state index >= 15 is 0 Å². The molecule has 8 heteroatoms. The summed E-state index contributed by atoms with van der Waals surface area (Å²) in [6, 6.07) is 19.5. The van der Waals surface area contributed by atoms with Gasteiger partial charge in [0, 0.05) is 35.2 Å². The van der Waals surface area contributed by atoms with Crippen LogP contribution < -0.4 is 15.5 Å². The Kier molecular flexibility index (Phi) is 4.94. The fourth-order valence-corrected chi connectivity index (χ4v) is 3.73. The number of hydrogen-bond donors (Lipinski definition) is 2. The monoisotopic (exact) mass is 412 g/mol. The molecule has 0 radical (unpaired) electrons. The van der Waals surface area contributed by atoms with E-state index in [-0.39, 0.29) is 12.5 Å². The van der Waals surface area contributed by atoms with Crippen molar-refractivity contribution in [2.24, 2.45) is 0 Å². The molecule has 2 fully saturated rings. The molecule has 2 atom stereocenters. The Morgan fingerprint density at radius 3 is 2.61 bits per heavy atom. The van der Waals surface area contributed by atoms with E-state index in [2.05, 4.69) is 37.6 Å². The lowest BCUT2D eigenvalue weighted by atomic mass is 9.94. The van der Waals surface area contributed by atoms with Gasteiger partial charge in [-0.1, -0.05) is 12.1 Å². The maximum Gasteiger partial charge on any atom is 0.252 e. The first-order valence-corrected chi connectivity index (χ1v) is 10.1. The van der Waals surface area contributed by atoms with Crippen LogP contribution in [0.2, 0.25) is 0 Å². The van der Waals surface area contributed by atoms with Crippen LogP contribution in [0.15, 0.2) is 60.8 Å². The summed E-state index contributed by atoms with van der Waals surface area (Å²) in [6.45, 7) is 1.76. The van der Waals surface area contributed by atoms with Gasteiger partial charge in [0.05, 0.1) is 30.5 Å². The number of benzene rings is 2. The van der Waals surface area contributed by atoms with Crippen LogP contribution in [0.25, 0.3) is 11.3 Å². The van der Waals surface area contributed by atoms with Crippen molar-refractivity contribution in [3.8, 4) is 17.3 Å². The standard InChI is InChI=1S/C23H20N6O2/c24-10-12-25-22(30)16-3-1-15(2-4-16)19-9-11-26-23(28-19)27-17-5-7-18(8-6-17)29-13-21-20(29)14-31-21/h1-9,11,20-21H,12-14H2,(H,25,30)(H,26,27,28)/t20-,21?/m1/s1. The van der Waals surface area contributed by atoms with E-state index in [1.54, 1.807) is 18.3 Å². The summed E-state index contributed by atoms with van der Waals surface area (Å²) >= 11 is 0. The number of nitrogens with one attached hydrogen (secondary N) is 2. The highest BCUT2D eigenvalue weighted by Crippen LogP contribution is 2.35. The maximum atomic E-state index is 11.9. The van der Waals surface area contributed by atoms with Gasteiger partial charge in [-0.2, -0.15) is 5.26 Å². The zero-order chi connectivity index (χ0) is 21.2. The van der Waals surface area contributed by atoms with Crippen molar-refractivity contribution in [1.82, 2.24) is 15.3 Å². The Labute approximate surface area is 179 Å². The van der Waals surface area contributed by atoms with Crippen LogP contribution in [0, 0.1) is 11.3 Å². The van der Waals surface area contributed by atoms with Gasteiger partial charge in [-0.15, -0.1) is 0 Å². The van der Waals surface area contributed by atoms with Crippen LogP contribution >= 0.6 is 0 Å². The van der Waals surface area contributed by atoms with E-state index in [1.165, 1.54) is 5.69 Å². The lowest BCUT2D eigenvalue weighted by Crippen LogP contribution is -2.70. The third-order valence-corrected chi connectivity index (χ3v) is 5.57.